The summed E-state index contributed by atoms with van der Waals surface area (Å²) in [6.07, 6.45) is 2.15. The van der Waals surface area contributed by atoms with Gasteiger partial charge in [0, 0.05) is 6.54 Å². The van der Waals surface area contributed by atoms with Crippen molar-refractivity contribution >= 4 is 5.91 Å². The molecule has 4 rings (SSSR count). The van der Waals surface area contributed by atoms with Gasteiger partial charge in [-0.05, 0) is 38.3 Å². The molecule has 1 saturated heterocycles. The van der Waals surface area contributed by atoms with Crippen LogP contribution in [-0.4, -0.2) is 40.2 Å². The number of para-hydroxylation sites is 2. The molecule has 126 valence electrons. The van der Waals surface area contributed by atoms with Crippen LogP contribution in [0.2, 0.25) is 0 Å². The third-order valence-corrected chi connectivity index (χ3v) is 4.40. The summed E-state index contributed by atoms with van der Waals surface area (Å²) in [4.78, 5) is 19.1. The molecule has 0 unspecified atom stereocenters. The van der Waals surface area contributed by atoms with Crippen molar-refractivity contribution in [1.82, 2.24) is 15.0 Å². The maximum Gasteiger partial charge on any atom is 0.267 e. The smallest absolute Gasteiger partial charge is 0.267 e. The van der Waals surface area contributed by atoms with Crippen molar-refractivity contribution in [1.29, 1.82) is 0 Å². The van der Waals surface area contributed by atoms with Gasteiger partial charge in [-0.1, -0.05) is 17.3 Å². The van der Waals surface area contributed by atoms with Gasteiger partial charge in [-0.2, -0.15) is 4.98 Å². The standard InChI is InChI=1S/C17H19N3O4/c1-11-18-16(24-19-11)12-6-4-5-9-20(12)17(21)15-10-22-13-7-2-3-8-14(13)23-15/h2-3,7-8,12,15H,4-6,9-10H2,1H3/t12-,15+/m0/s1. The zero-order valence-electron chi connectivity index (χ0n) is 13.5. The van der Waals surface area contributed by atoms with Crippen molar-refractivity contribution in [2.45, 2.75) is 38.3 Å². The molecule has 1 aromatic carbocycles. The summed E-state index contributed by atoms with van der Waals surface area (Å²) in [5.41, 5.74) is 0. The largest absolute Gasteiger partial charge is 0.485 e. The Morgan fingerprint density at radius 3 is 2.88 bits per heavy atom. The molecule has 2 aliphatic heterocycles. The van der Waals surface area contributed by atoms with Crippen molar-refractivity contribution in [2.24, 2.45) is 0 Å². The van der Waals surface area contributed by atoms with E-state index in [0.717, 1.165) is 19.3 Å². The summed E-state index contributed by atoms with van der Waals surface area (Å²) < 4.78 is 16.8. The minimum Gasteiger partial charge on any atom is -0.485 e. The number of aryl methyl sites for hydroxylation is 1. The van der Waals surface area contributed by atoms with E-state index >= 15 is 0 Å². The molecule has 1 fully saturated rings. The summed E-state index contributed by atoms with van der Waals surface area (Å²) in [7, 11) is 0. The fourth-order valence-electron chi connectivity index (χ4n) is 3.23. The van der Waals surface area contributed by atoms with E-state index < -0.39 is 6.10 Å². The van der Waals surface area contributed by atoms with E-state index in [9.17, 15) is 4.79 Å². The maximum atomic E-state index is 13.0. The molecule has 1 amide bonds. The van der Waals surface area contributed by atoms with Gasteiger partial charge in [0.25, 0.3) is 5.91 Å². The fourth-order valence-corrected chi connectivity index (χ4v) is 3.23. The Kier molecular flexibility index (Phi) is 3.84. The van der Waals surface area contributed by atoms with Crippen LogP contribution in [0.5, 0.6) is 11.5 Å². The number of rotatable bonds is 2. The van der Waals surface area contributed by atoms with Crippen LogP contribution < -0.4 is 9.47 Å². The van der Waals surface area contributed by atoms with Gasteiger partial charge in [0.05, 0.1) is 0 Å². The number of fused-ring (bicyclic) bond motifs is 1. The first kappa shape index (κ1) is 15.0. The van der Waals surface area contributed by atoms with Crippen LogP contribution in [-0.2, 0) is 4.79 Å². The third-order valence-electron chi connectivity index (χ3n) is 4.40. The average Bonchev–Trinajstić information content (AvgIpc) is 3.07. The number of hydrogen-bond acceptors (Lipinski definition) is 6. The van der Waals surface area contributed by atoms with E-state index in [1.807, 2.05) is 24.3 Å². The molecule has 0 aliphatic carbocycles. The minimum absolute atomic E-state index is 0.0925. The second-order valence-corrected chi connectivity index (χ2v) is 6.09. The maximum absolute atomic E-state index is 13.0. The zero-order chi connectivity index (χ0) is 16.5. The molecular formula is C17H19N3O4. The SMILES string of the molecule is Cc1noc([C@@H]2CCCCN2C(=O)[C@H]2COc3ccccc3O2)n1. The monoisotopic (exact) mass is 329 g/mol. The van der Waals surface area contributed by atoms with Gasteiger partial charge in [-0.25, -0.2) is 0 Å². The van der Waals surface area contributed by atoms with E-state index in [1.54, 1.807) is 11.8 Å². The number of aromatic nitrogens is 2. The van der Waals surface area contributed by atoms with Gasteiger partial charge in [-0.15, -0.1) is 0 Å². The van der Waals surface area contributed by atoms with E-state index in [1.165, 1.54) is 0 Å². The summed E-state index contributed by atoms with van der Waals surface area (Å²) in [6.45, 7) is 2.64. The van der Waals surface area contributed by atoms with Crippen molar-refractivity contribution < 1.29 is 18.8 Å². The normalized spacial score (nSPS) is 23.1. The molecule has 2 aromatic rings. The number of ether oxygens (including phenoxy) is 2. The number of benzene rings is 1. The molecule has 0 spiro atoms. The molecule has 3 heterocycles. The summed E-state index contributed by atoms with van der Waals surface area (Å²) in [5, 5.41) is 3.85. The highest BCUT2D eigenvalue weighted by molar-refractivity contribution is 5.82. The summed E-state index contributed by atoms with van der Waals surface area (Å²) in [6, 6.07) is 7.20. The van der Waals surface area contributed by atoms with Gasteiger partial charge in [0.2, 0.25) is 12.0 Å². The molecule has 1 aromatic heterocycles. The third kappa shape index (κ3) is 2.70. The van der Waals surface area contributed by atoms with Crippen molar-refractivity contribution in [3.63, 3.8) is 0 Å². The lowest BCUT2D eigenvalue weighted by atomic mass is 10.0. The average molecular weight is 329 g/mol. The Balaban J connectivity index is 1.54. The zero-order valence-corrected chi connectivity index (χ0v) is 13.5. The summed E-state index contributed by atoms with van der Waals surface area (Å²) in [5.74, 6) is 2.26. The topological polar surface area (TPSA) is 77.7 Å². The number of hydrogen-bond donors (Lipinski definition) is 0. The first-order chi connectivity index (χ1) is 11.7. The molecule has 2 atom stereocenters. The first-order valence-electron chi connectivity index (χ1n) is 8.21. The lowest BCUT2D eigenvalue weighted by Crippen LogP contribution is -2.49. The molecule has 7 heteroatoms. The molecule has 0 bridgehead atoms. The second-order valence-electron chi connectivity index (χ2n) is 6.09. The lowest BCUT2D eigenvalue weighted by molar-refractivity contribution is -0.145. The van der Waals surface area contributed by atoms with Gasteiger partial charge in [-0.3, -0.25) is 4.79 Å². The fraction of sp³-hybridized carbons (Fsp3) is 0.471. The Morgan fingerprint density at radius 2 is 2.08 bits per heavy atom. The Labute approximate surface area is 139 Å². The van der Waals surface area contributed by atoms with E-state index in [4.69, 9.17) is 14.0 Å². The highest BCUT2D eigenvalue weighted by Gasteiger charge is 2.38. The van der Waals surface area contributed by atoms with Crippen LogP contribution in [0, 0.1) is 6.92 Å². The van der Waals surface area contributed by atoms with Crippen molar-refractivity contribution in [3.05, 3.63) is 36.0 Å². The quantitative estimate of drug-likeness (QED) is 0.841. The Hall–Kier alpha value is -2.57. The van der Waals surface area contributed by atoms with E-state index in [0.29, 0.717) is 29.8 Å². The highest BCUT2D eigenvalue weighted by atomic mass is 16.6. The van der Waals surface area contributed by atoms with Crippen LogP contribution in [0.1, 0.15) is 37.0 Å². The van der Waals surface area contributed by atoms with Crippen LogP contribution in [0.25, 0.3) is 0 Å². The van der Waals surface area contributed by atoms with Crippen LogP contribution in [0.3, 0.4) is 0 Å². The van der Waals surface area contributed by atoms with E-state index in [2.05, 4.69) is 10.1 Å². The van der Waals surface area contributed by atoms with Crippen molar-refractivity contribution in [2.75, 3.05) is 13.2 Å². The molecule has 2 aliphatic rings. The number of nitrogens with zero attached hydrogens (tertiary/aromatic N) is 3. The molecule has 7 nitrogen and oxygen atoms in total. The molecule has 0 saturated carbocycles. The van der Waals surface area contributed by atoms with Gasteiger partial charge in [0.1, 0.15) is 12.6 Å². The predicted octanol–water partition coefficient (Wildman–Crippen LogP) is 2.27. The van der Waals surface area contributed by atoms with Crippen LogP contribution in [0.4, 0.5) is 0 Å². The number of likely N-dealkylation sites (tertiary alicyclic amines) is 1. The number of piperidine rings is 1. The first-order valence-corrected chi connectivity index (χ1v) is 8.21. The second kappa shape index (κ2) is 6.14. The molecule has 24 heavy (non-hydrogen) atoms. The number of carbonyl (C=O) groups is 1. The van der Waals surface area contributed by atoms with Crippen LogP contribution in [0.15, 0.2) is 28.8 Å². The lowest BCUT2D eigenvalue weighted by Gasteiger charge is -2.36. The predicted molar refractivity (Wildman–Crippen MR) is 83.7 cm³/mol. The van der Waals surface area contributed by atoms with E-state index in [-0.39, 0.29) is 18.6 Å². The van der Waals surface area contributed by atoms with Crippen molar-refractivity contribution in [3.8, 4) is 11.5 Å². The van der Waals surface area contributed by atoms with Gasteiger partial charge in [0.15, 0.2) is 17.3 Å². The molecular weight excluding hydrogens is 310 g/mol. The molecule has 0 radical (unpaired) electrons. The Bertz CT molecular complexity index is 745. The summed E-state index contributed by atoms with van der Waals surface area (Å²) >= 11 is 0. The van der Waals surface area contributed by atoms with Gasteiger partial charge >= 0.3 is 0 Å². The molecule has 0 N–H and O–H groups in total. The minimum atomic E-state index is -0.649. The van der Waals surface area contributed by atoms with Crippen LogP contribution >= 0.6 is 0 Å². The Morgan fingerprint density at radius 1 is 1.25 bits per heavy atom. The number of amides is 1. The number of carbonyl (C=O) groups excluding carboxylic acids is 1. The van der Waals surface area contributed by atoms with Gasteiger partial charge < -0.3 is 18.9 Å². The highest BCUT2D eigenvalue weighted by Crippen LogP contribution is 2.34.